The number of benzene rings is 2. The second-order valence-corrected chi connectivity index (χ2v) is 9.64. The molecule has 11 heteroatoms. The fourth-order valence-electron chi connectivity index (χ4n) is 4.36. The predicted octanol–water partition coefficient (Wildman–Crippen LogP) is 4.46. The Labute approximate surface area is 215 Å². The molecule has 2 aromatic carbocycles. The molecular weight excluding hydrogens is 551 g/mol. The van der Waals surface area contributed by atoms with Gasteiger partial charge in [0.25, 0.3) is 5.91 Å². The number of primary amides is 1. The number of halogens is 5. The Balaban J connectivity index is 2.28. The second kappa shape index (κ2) is 10.5. The lowest BCUT2D eigenvalue weighted by atomic mass is 9.83. The van der Waals surface area contributed by atoms with Crippen LogP contribution in [0.3, 0.4) is 0 Å². The fraction of sp³-hybridized carbons (Fsp3) is 0.417. The monoisotopic (exact) mass is 575 g/mol. The number of nitrogens with two attached hydrogens (primary N) is 1. The first-order valence-electron chi connectivity index (χ1n) is 11.1. The van der Waals surface area contributed by atoms with Crippen molar-refractivity contribution in [1.29, 1.82) is 0 Å². The summed E-state index contributed by atoms with van der Waals surface area (Å²) in [7, 11) is 0. The van der Waals surface area contributed by atoms with Gasteiger partial charge in [0, 0.05) is 40.1 Å². The molecule has 2 amide bonds. The lowest BCUT2D eigenvalue weighted by molar-refractivity contribution is -0.142. The molecule has 0 fully saturated rings. The summed E-state index contributed by atoms with van der Waals surface area (Å²) in [6.07, 6.45) is -5.09. The molecule has 0 spiro atoms. The Morgan fingerprint density at radius 1 is 1.23 bits per heavy atom. The Kier molecular flexibility index (Phi) is 8.20. The van der Waals surface area contributed by atoms with Crippen molar-refractivity contribution in [2.45, 2.75) is 38.5 Å². The van der Waals surface area contributed by atoms with Crippen LogP contribution in [0.25, 0.3) is 0 Å². The number of alkyl halides is 3. The van der Waals surface area contributed by atoms with Gasteiger partial charge in [-0.05, 0) is 49.3 Å². The van der Waals surface area contributed by atoms with E-state index in [2.05, 4.69) is 15.9 Å². The maximum Gasteiger partial charge on any atom is 0.416 e. The summed E-state index contributed by atoms with van der Waals surface area (Å²) in [5, 5.41) is 11.7. The van der Waals surface area contributed by atoms with E-state index in [0.717, 1.165) is 6.07 Å². The average molecular weight is 577 g/mol. The van der Waals surface area contributed by atoms with Gasteiger partial charge in [-0.1, -0.05) is 47.4 Å². The first-order chi connectivity index (χ1) is 16.3. The number of carbonyl (C=O) groups excluding carboxylic acids is 2. The van der Waals surface area contributed by atoms with Gasteiger partial charge in [0.1, 0.15) is 0 Å². The molecule has 2 aromatic rings. The highest BCUT2D eigenvalue weighted by Crippen LogP contribution is 2.52. The molecule has 3 N–H and O–H groups in total. The van der Waals surface area contributed by atoms with Crippen LogP contribution in [0.5, 0.6) is 0 Å². The molecule has 1 aliphatic heterocycles. The molecule has 0 aromatic heterocycles. The van der Waals surface area contributed by atoms with E-state index in [4.69, 9.17) is 17.3 Å². The average Bonchev–Trinajstić information content (AvgIpc) is 2.99. The number of hydrogen-bond acceptors (Lipinski definition) is 4. The van der Waals surface area contributed by atoms with Crippen LogP contribution < -0.4 is 10.6 Å². The van der Waals surface area contributed by atoms with Crippen molar-refractivity contribution in [2.24, 2.45) is 5.73 Å². The molecule has 1 atom stereocenters. The number of carbonyl (C=O) groups is 2. The van der Waals surface area contributed by atoms with Gasteiger partial charge in [0.2, 0.25) is 5.91 Å². The van der Waals surface area contributed by atoms with Crippen LogP contribution in [0.4, 0.5) is 18.9 Å². The van der Waals surface area contributed by atoms with E-state index in [0.29, 0.717) is 24.1 Å². The zero-order valence-corrected chi connectivity index (χ0v) is 21.6. The summed E-state index contributed by atoms with van der Waals surface area (Å²) in [5.74, 6) is -1.58. The molecular formula is C24H26BrClF3N3O3. The van der Waals surface area contributed by atoms with Crippen molar-refractivity contribution in [3.8, 4) is 0 Å². The minimum Gasteiger partial charge on any atom is -0.372 e. The first-order valence-corrected chi connectivity index (χ1v) is 12.3. The minimum atomic E-state index is -4.89. The van der Waals surface area contributed by atoms with Crippen LogP contribution >= 0.6 is 27.5 Å². The quantitative estimate of drug-likeness (QED) is 0.462. The number of aliphatic hydroxyl groups is 1. The third-order valence-corrected chi connectivity index (χ3v) is 7.01. The lowest BCUT2D eigenvalue weighted by Crippen LogP contribution is -2.44. The van der Waals surface area contributed by atoms with Gasteiger partial charge in [-0.2, -0.15) is 13.2 Å². The van der Waals surface area contributed by atoms with Crippen molar-refractivity contribution in [3.05, 3.63) is 62.1 Å². The summed E-state index contributed by atoms with van der Waals surface area (Å²) in [5.41, 5.74) is 0.802. The van der Waals surface area contributed by atoms with E-state index in [9.17, 15) is 27.9 Å². The summed E-state index contributed by atoms with van der Waals surface area (Å²) < 4.78 is 43.6. The van der Waals surface area contributed by atoms with E-state index >= 15 is 0 Å². The summed E-state index contributed by atoms with van der Waals surface area (Å²) in [6, 6.07) is 6.52. The van der Waals surface area contributed by atoms with E-state index in [1.165, 1.54) is 29.2 Å². The van der Waals surface area contributed by atoms with Gasteiger partial charge in [-0.15, -0.1) is 0 Å². The second-order valence-electron chi connectivity index (χ2n) is 8.32. The van der Waals surface area contributed by atoms with Crippen LogP contribution in [0, 0.1) is 0 Å². The van der Waals surface area contributed by atoms with Gasteiger partial charge in [-0.3, -0.25) is 9.59 Å². The van der Waals surface area contributed by atoms with Crippen LogP contribution in [-0.2, 0) is 27.8 Å². The highest BCUT2D eigenvalue weighted by molar-refractivity contribution is 9.10. The first kappa shape index (κ1) is 27.4. The maximum absolute atomic E-state index is 14.3. The molecule has 3 rings (SSSR count). The number of anilines is 1. The molecule has 35 heavy (non-hydrogen) atoms. The summed E-state index contributed by atoms with van der Waals surface area (Å²) >= 11 is 9.57. The molecule has 0 saturated carbocycles. The molecule has 0 radical (unpaired) electrons. The molecule has 1 heterocycles. The number of rotatable bonds is 9. The topological polar surface area (TPSA) is 86.9 Å². The number of nitrogens with zero attached hydrogens (tertiary/aromatic N) is 2. The number of hydrogen-bond donors (Lipinski definition) is 2. The van der Waals surface area contributed by atoms with E-state index in [1.807, 2.05) is 18.7 Å². The highest BCUT2D eigenvalue weighted by atomic mass is 79.9. The third-order valence-electron chi connectivity index (χ3n) is 6.21. The normalized spacial score (nSPS) is 17.9. The van der Waals surface area contributed by atoms with Crippen molar-refractivity contribution in [1.82, 2.24) is 4.90 Å². The van der Waals surface area contributed by atoms with Gasteiger partial charge in [0.05, 0.1) is 11.3 Å². The Morgan fingerprint density at radius 3 is 2.43 bits per heavy atom. The van der Waals surface area contributed by atoms with Crippen molar-refractivity contribution < 1.29 is 27.9 Å². The van der Waals surface area contributed by atoms with Crippen molar-refractivity contribution >= 4 is 45.0 Å². The molecule has 190 valence electrons. The number of fused-ring (bicyclic) bond motifs is 1. The van der Waals surface area contributed by atoms with Gasteiger partial charge >= 0.3 is 6.18 Å². The van der Waals surface area contributed by atoms with Crippen LogP contribution in [0.15, 0.2) is 34.8 Å². The lowest BCUT2D eigenvalue weighted by Gasteiger charge is -2.27. The Hall–Kier alpha value is -2.14. The highest BCUT2D eigenvalue weighted by Gasteiger charge is 2.56. The standard InChI is InChI=1S/C24H26BrClF3N3O3/c1-3-31(4-2)9-10-32-19-12-14(5-8-20(30)33)11-17(24(27,28)29)21(19)23(35,22(32)34)16-7-6-15(25)13-18(16)26/h6-7,11-13,35H,3-5,8-10H2,1-2H3,(H2,30,33). The minimum absolute atomic E-state index is 0.0404. The van der Waals surface area contributed by atoms with E-state index in [1.54, 1.807) is 0 Å². The summed E-state index contributed by atoms with van der Waals surface area (Å²) in [4.78, 5) is 28.2. The Bertz CT molecular complexity index is 1140. The van der Waals surface area contributed by atoms with Gasteiger partial charge in [-0.25, -0.2) is 0 Å². The van der Waals surface area contributed by atoms with Crippen LogP contribution in [0.2, 0.25) is 5.02 Å². The molecule has 1 unspecified atom stereocenters. The van der Waals surface area contributed by atoms with E-state index in [-0.39, 0.29) is 41.2 Å². The number of aryl methyl sites for hydroxylation is 1. The smallest absolute Gasteiger partial charge is 0.372 e. The molecule has 0 saturated heterocycles. The van der Waals surface area contributed by atoms with E-state index < -0.39 is 34.7 Å². The zero-order chi connectivity index (χ0) is 26.1. The number of likely N-dealkylation sites (N-methyl/N-ethyl adjacent to an activating group) is 1. The zero-order valence-electron chi connectivity index (χ0n) is 19.3. The largest absolute Gasteiger partial charge is 0.416 e. The van der Waals surface area contributed by atoms with Gasteiger partial charge < -0.3 is 20.6 Å². The van der Waals surface area contributed by atoms with Crippen molar-refractivity contribution in [3.63, 3.8) is 0 Å². The van der Waals surface area contributed by atoms with Crippen LogP contribution in [0.1, 0.15) is 42.5 Å². The SMILES string of the molecule is CCN(CC)CCN1C(=O)C(O)(c2ccc(Br)cc2Cl)c2c1cc(CCC(N)=O)cc2C(F)(F)F. The number of amides is 2. The van der Waals surface area contributed by atoms with Gasteiger partial charge in [0.15, 0.2) is 5.60 Å². The molecule has 0 bridgehead atoms. The fourth-order valence-corrected chi connectivity index (χ4v) is 5.17. The maximum atomic E-state index is 14.3. The van der Waals surface area contributed by atoms with Crippen LogP contribution in [-0.4, -0.2) is 48.0 Å². The molecule has 6 nitrogen and oxygen atoms in total. The van der Waals surface area contributed by atoms with Crippen molar-refractivity contribution in [2.75, 3.05) is 31.1 Å². The predicted molar refractivity (Wildman–Crippen MR) is 131 cm³/mol. The summed E-state index contributed by atoms with van der Waals surface area (Å²) in [6.45, 7) is 5.67. The molecule has 1 aliphatic rings. The molecule has 0 aliphatic carbocycles. The Morgan fingerprint density at radius 2 is 1.89 bits per heavy atom. The third kappa shape index (κ3) is 5.35.